The van der Waals surface area contributed by atoms with Crippen molar-refractivity contribution in [1.82, 2.24) is 10.5 Å². The molecular weight excluding hydrogens is 354 g/mol. The van der Waals surface area contributed by atoms with Crippen molar-refractivity contribution < 1.29 is 14.4 Å². The number of para-hydroxylation sites is 1. The number of nitrogens with one attached hydrogen (secondary N) is 2. The number of carbonyl (C=O) groups excluding carboxylic acids is 1. The molecule has 1 heterocycles. The van der Waals surface area contributed by atoms with Gasteiger partial charge in [-0.3, -0.25) is 14.6 Å². The average Bonchev–Trinajstić information content (AvgIpc) is 2.74. The molecular formula is C22H25N3O3. The molecule has 0 fully saturated rings. The Bertz CT molecular complexity index is 972. The number of fused-ring (bicyclic) bond motifs is 1. The zero-order valence-electron chi connectivity index (χ0n) is 16.4. The Hall–Kier alpha value is -3.12. The normalized spacial score (nSPS) is 10.7. The van der Waals surface area contributed by atoms with E-state index in [0.29, 0.717) is 23.6 Å². The summed E-state index contributed by atoms with van der Waals surface area (Å²) in [4.78, 5) is 22.4. The van der Waals surface area contributed by atoms with Crippen LogP contribution in [0.3, 0.4) is 0 Å². The van der Waals surface area contributed by atoms with Crippen LogP contribution in [0.15, 0.2) is 48.7 Å². The number of amides is 1. The van der Waals surface area contributed by atoms with Crippen LogP contribution < -0.4 is 15.5 Å². The molecule has 0 unspecified atom stereocenters. The topological polar surface area (TPSA) is 72.5 Å². The number of nitrogens with zero attached hydrogens (tertiary/aromatic N) is 1. The summed E-state index contributed by atoms with van der Waals surface area (Å²) in [5.74, 6) is 0.350. The highest BCUT2D eigenvalue weighted by atomic mass is 16.6. The van der Waals surface area contributed by atoms with Crippen LogP contribution >= 0.6 is 0 Å². The quantitative estimate of drug-likeness (QED) is 0.441. The second-order valence-electron chi connectivity index (χ2n) is 6.35. The van der Waals surface area contributed by atoms with Gasteiger partial charge >= 0.3 is 0 Å². The number of rotatable bonds is 8. The van der Waals surface area contributed by atoms with Gasteiger partial charge in [-0.15, -0.1) is 0 Å². The molecule has 0 atom stereocenters. The number of benzene rings is 2. The monoisotopic (exact) mass is 379 g/mol. The van der Waals surface area contributed by atoms with E-state index in [4.69, 9.17) is 9.57 Å². The van der Waals surface area contributed by atoms with E-state index in [2.05, 4.69) is 28.8 Å². The fourth-order valence-electron chi connectivity index (χ4n) is 2.96. The minimum absolute atomic E-state index is 0.345. The van der Waals surface area contributed by atoms with E-state index >= 15 is 0 Å². The molecule has 1 amide bonds. The molecule has 6 heteroatoms. The molecule has 2 aromatic carbocycles. The zero-order valence-corrected chi connectivity index (χ0v) is 16.4. The third-order valence-electron chi connectivity index (χ3n) is 4.45. The molecule has 6 nitrogen and oxygen atoms in total. The summed E-state index contributed by atoms with van der Waals surface area (Å²) in [5.41, 5.74) is 6.44. The summed E-state index contributed by atoms with van der Waals surface area (Å²) in [6.07, 6.45) is 3.25. The van der Waals surface area contributed by atoms with E-state index < -0.39 is 0 Å². The van der Waals surface area contributed by atoms with E-state index in [1.54, 1.807) is 13.3 Å². The van der Waals surface area contributed by atoms with E-state index in [1.807, 2.05) is 43.3 Å². The number of hydrogen-bond donors (Lipinski definition) is 2. The molecule has 0 saturated carbocycles. The molecule has 0 aliphatic heterocycles. The first-order valence-corrected chi connectivity index (χ1v) is 9.41. The lowest BCUT2D eigenvalue weighted by molar-refractivity contribution is 0.0315. The summed E-state index contributed by atoms with van der Waals surface area (Å²) in [6.45, 7) is 4.52. The molecule has 0 radical (unpaired) electrons. The number of carbonyl (C=O) groups is 1. The van der Waals surface area contributed by atoms with Crippen molar-refractivity contribution in [3.05, 3.63) is 59.8 Å². The molecule has 0 saturated heterocycles. The predicted octanol–water partition coefficient (Wildman–Crippen LogP) is 4.62. The molecule has 3 rings (SSSR count). The van der Waals surface area contributed by atoms with Crippen molar-refractivity contribution in [3.63, 3.8) is 0 Å². The van der Waals surface area contributed by atoms with Crippen LogP contribution in [0.25, 0.3) is 10.9 Å². The van der Waals surface area contributed by atoms with Crippen LogP contribution in [0.5, 0.6) is 5.75 Å². The Morgan fingerprint density at radius 1 is 1.14 bits per heavy atom. The van der Waals surface area contributed by atoms with Crippen molar-refractivity contribution >= 4 is 28.2 Å². The standard InChI is InChI=1S/C22H25N3O3/c1-4-12-28-25-22(26)18-14-23-20-11-10-16(27-3)13-17(20)21(18)24-19-9-7-6-8-15(19)5-2/h6-11,13-14H,4-5,12H2,1-3H3,(H,23,24)(H,25,26). The number of aryl methyl sites for hydroxylation is 1. The Morgan fingerprint density at radius 3 is 2.71 bits per heavy atom. The first-order valence-electron chi connectivity index (χ1n) is 9.41. The van der Waals surface area contributed by atoms with Crippen LogP contribution in [0.2, 0.25) is 0 Å². The highest BCUT2D eigenvalue weighted by molar-refractivity contribution is 6.08. The molecule has 2 N–H and O–H groups in total. The van der Waals surface area contributed by atoms with Gasteiger partial charge in [0.15, 0.2) is 0 Å². The maximum Gasteiger partial charge on any atom is 0.278 e. The van der Waals surface area contributed by atoms with Gasteiger partial charge in [0, 0.05) is 17.3 Å². The van der Waals surface area contributed by atoms with Gasteiger partial charge < -0.3 is 10.1 Å². The van der Waals surface area contributed by atoms with Gasteiger partial charge in [-0.05, 0) is 42.7 Å². The van der Waals surface area contributed by atoms with Crippen LogP contribution in [-0.4, -0.2) is 24.6 Å². The van der Waals surface area contributed by atoms with Crippen molar-refractivity contribution in [3.8, 4) is 5.75 Å². The zero-order chi connectivity index (χ0) is 19.9. The van der Waals surface area contributed by atoms with Crippen LogP contribution in [0.1, 0.15) is 36.2 Å². The third kappa shape index (κ3) is 4.23. The Balaban J connectivity index is 2.11. The Labute approximate surface area is 164 Å². The minimum atomic E-state index is -0.345. The summed E-state index contributed by atoms with van der Waals surface area (Å²) in [5, 5.41) is 4.25. The Morgan fingerprint density at radius 2 is 1.96 bits per heavy atom. The van der Waals surface area contributed by atoms with Crippen LogP contribution in [-0.2, 0) is 11.3 Å². The van der Waals surface area contributed by atoms with E-state index in [1.165, 1.54) is 0 Å². The summed E-state index contributed by atoms with van der Waals surface area (Å²) >= 11 is 0. The summed E-state index contributed by atoms with van der Waals surface area (Å²) < 4.78 is 5.37. The highest BCUT2D eigenvalue weighted by Gasteiger charge is 2.17. The second kappa shape index (κ2) is 9.19. The number of methoxy groups -OCH3 is 1. The average molecular weight is 379 g/mol. The molecule has 146 valence electrons. The molecule has 0 spiro atoms. The van der Waals surface area contributed by atoms with E-state index in [-0.39, 0.29) is 5.91 Å². The van der Waals surface area contributed by atoms with Crippen molar-refractivity contribution in [2.45, 2.75) is 26.7 Å². The molecule has 28 heavy (non-hydrogen) atoms. The maximum atomic E-state index is 12.7. The summed E-state index contributed by atoms with van der Waals surface area (Å²) in [7, 11) is 1.61. The lowest BCUT2D eigenvalue weighted by atomic mass is 10.1. The van der Waals surface area contributed by atoms with Gasteiger partial charge in [0.1, 0.15) is 5.75 Å². The fraction of sp³-hybridized carbons (Fsp3) is 0.273. The number of hydrogen-bond acceptors (Lipinski definition) is 5. The number of anilines is 2. The lowest BCUT2D eigenvalue weighted by Gasteiger charge is -2.17. The lowest BCUT2D eigenvalue weighted by Crippen LogP contribution is -2.25. The number of aromatic nitrogens is 1. The maximum absolute atomic E-state index is 12.7. The number of ether oxygens (including phenoxy) is 1. The van der Waals surface area contributed by atoms with Crippen molar-refractivity contribution in [2.75, 3.05) is 19.0 Å². The smallest absolute Gasteiger partial charge is 0.278 e. The first kappa shape index (κ1) is 19.6. The predicted molar refractivity (Wildman–Crippen MR) is 111 cm³/mol. The SMILES string of the molecule is CCCONC(=O)c1cnc2ccc(OC)cc2c1Nc1ccccc1CC. The van der Waals surface area contributed by atoms with E-state index in [9.17, 15) is 4.79 Å². The van der Waals surface area contributed by atoms with Gasteiger partial charge in [-0.25, -0.2) is 5.48 Å². The van der Waals surface area contributed by atoms with Crippen molar-refractivity contribution in [1.29, 1.82) is 0 Å². The molecule has 0 aliphatic rings. The highest BCUT2D eigenvalue weighted by Crippen LogP contribution is 2.32. The third-order valence-corrected chi connectivity index (χ3v) is 4.45. The van der Waals surface area contributed by atoms with E-state index in [0.717, 1.165) is 35.0 Å². The summed E-state index contributed by atoms with van der Waals surface area (Å²) in [6, 6.07) is 13.6. The molecule has 3 aromatic rings. The largest absolute Gasteiger partial charge is 0.497 e. The van der Waals surface area contributed by atoms with Crippen LogP contribution in [0, 0.1) is 0 Å². The number of pyridine rings is 1. The van der Waals surface area contributed by atoms with Gasteiger partial charge in [0.05, 0.1) is 30.5 Å². The van der Waals surface area contributed by atoms with Crippen molar-refractivity contribution in [2.24, 2.45) is 0 Å². The first-order chi connectivity index (χ1) is 13.7. The second-order valence-corrected chi connectivity index (χ2v) is 6.35. The Kier molecular flexibility index (Phi) is 6.45. The number of hydroxylamine groups is 1. The molecule has 0 bridgehead atoms. The van der Waals surface area contributed by atoms with Gasteiger partial charge in [-0.2, -0.15) is 0 Å². The van der Waals surface area contributed by atoms with Gasteiger partial charge in [0.25, 0.3) is 5.91 Å². The van der Waals surface area contributed by atoms with Gasteiger partial charge in [-0.1, -0.05) is 32.0 Å². The minimum Gasteiger partial charge on any atom is -0.497 e. The van der Waals surface area contributed by atoms with Crippen LogP contribution in [0.4, 0.5) is 11.4 Å². The molecule has 1 aromatic heterocycles. The van der Waals surface area contributed by atoms with Gasteiger partial charge in [0.2, 0.25) is 0 Å². The fourth-order valence-corrected chi connectivity index (χ4v) is 2.96. The molecule has 0 aliphatic carbocycles.